The van der Waals surface area contributed by atoms with Crippen LogP contribution in [0, 0.1) is 5.82 Å². The first-order valence-electron chi connectivity index (χ1n) is 9.83. The Morgan fingerprint density at radius 2 is 2.04 bits per heavy atom. The number of nitrogens with zero attached hydrogens (tertiary/aromatic N) is 1. The highest BCUT2D eigenvalue weighted by atomic mass is 19.1. The van der Waals surface area contributed by atoms with Crippen LogP contribution < -0.4 is 14.4 Å². The molecule has 4 heterocycles. The van der Waals surface area contributed by atoms with E-state index in [1.807, 2.05) is 12.1 Å². The van der Waals surface area contributed by atoms with Gasteiger partial charge in [-0.05, 0) is 42.7 Å². The van der Waals surface area contributed by atoms with Crippen molar-refractivity contribution in [3.63, 3.8) is 0 Å². The van der Waals surface area contributed by atoms with Gasteiger partial charge in [-0.3, -0.25) is 4.79 Å². The number of halogens is 1. The van der Waals surface area contributed by atoms with Gasteiger partial charge in [0.2, 0.25) is 5.91 Å². The maximum Gasteiger partial charge on any atom is 0.245 e. The van der Waals surface area contributed by atoms with Crippen LogP contribution in [0.3, 0.4) is 0 Å². The van der Waals surface area contributed by atoms with Crippen LogP contribution in [0.1, 0.15) is 29.5 Å². The molecule has 0 radical (unpaired) electrons. The molecule has 1 spiro atoms. The lowest BCUT2D eigenvalue weighted by Gasteiger charge is -2.25. The van der Waals surface area contributed by atoms with Gasteiger partial charge in [0.05, 0.1) is 19.3 Å². The van der Waals surface area contributed by atoms with Gasteiger partial charge in [-0.1, -0.05) is 0 Å². The summed E-state index contributed by atoms with van der Waals surface area (Å²) in [5, 5.41) is 0. The van der Waals surface area contributed by atoms with Gasteiger partial charge in [-0.2, -0.15) is 0 Å². The number of ether oxygens (including phenoxy) is 3. The SMILES string of the molecule is O=C1N(CC2CCCO2)c2ccc(F)cc2C12COc1cc3c(cc12)CCO3. The van der Waals surface area contributed by atoms with Gasteiger partial charge in [-0.25, -0.2) is 4.39 Å². The largest absolute Gasteiger partial charge is 0.493 e. The quantitative estimate of drug-likeness (QED) is 0.803. The van der Waals surface area contributed by atoms with Crippen molar-refractivity contribution < 1.29 is 23.4 Å². The highest BCUT2D eigenvalue weighted by Crippen LogP contribution is 2.54. The Labute approximate surface area is 162 Å². The molecule has 6 rings (SSSR count). The minimum absolute atomic E-state index is 0.0206. The predicted molar refractivity (Wildman–Crippen MR) is 99.6 cm³/mol. The van der Waals surface area contributed by atoms with Crippen molar-refractivity contribution in [1.82, 2.24) is 0 Å². The molecule has 1 fully saturated rings. The zero-order valence-electron chi connectivity index (χ0n) is 15.4. The highest BCUT2D eigenvalue weighted by Gasteiger charge is 2.57. The normalized spacial score (nSPS) is 27.0. The molecule has 0 saturated carbocycles. The number of carbonyl (C=O) groups is 1. The van der Waals surface area contributed by atoms with Crippen molar-refractivity contribution in [2.75, 3.05) is 31.3 Å². The van der Waals surface area contributed by atoms with Crippen LogP contribution in [0.15, 0.2) is 30.3 Å². The average Bonchev–Trinajstić information content (AvgIpc) is 3.46. The van der Waals surface area contributed by atoms with Crippen LogP contribution in [0.2, 0.25) is 0 Å². The number of anilines is 1. The van der Waals surface area contributed by atoms with E-state index in [0.29, 0.717) is 24.5 Å². The number of amides is 1. The number of rotatable bonds is 2. The van der Waals surface area contributed by atoms with Crippen LogP contribution in [-0.4, -0.2) is 38.4 Å². The molecule has 1 saturated heterocycles. The van der Waals surface area contributed by atoms with E-state index in [1.54, 1.807) is 11.0 Å². The molecule has 6 heteroatoms. The van der Waals surface area contributed by atoms with E-state index in [1.165, 1.54) is 12.1 Å². The zero-order chi connectivity index (χ0) is 18.9. The van der Waals surface area contributed by atoms with E-state index in [4.69, 9.17) is 14.2 Å². The first-order chi connectivity index (χ1) is 13.7. The van der Waals surface area contributed by atoms with E-state index in [-0.39, 0.29) is 24.4 Å². The van der Waals surface area contributed by atoms with E-state index in [2.05, 4.69) is 0 Å². The monoisotopic (exact) mass is 381 g/mol. The van der Waals surface area contributed by atoms with E-state index in [9.17, 15) is 9.18 Å². The Hall–Kier alpha value is -2.60. The second-order valence-electron chi connectivity index (χ2n) is 7.96. The molecule has 2 aromatic rings. The van der Waals surface area contributed by atoms with Gasteiger partial charge in [-0.15, -0.1) is 0 Å². The van der Waals surface area contributed by atoms with Crippen LogP contribution in [0.5, 0.6) is 11.5 Å². The number of benzene rings is 2. The second-order valence-corrected chi connectivity index (χ2v) is 7.96. The molecule has 4 aliphatic rings. The molecule has 28 heavy (non-hydrogen) atoms. The van der Waals surface area contributed by atoms with Gasteiger partial charge in [0, 0.05) is 35.9 Å². The molecular formula is C22H20FNO4. The molecule has 5 nitrogen and oxygen atoms in total. The first kappa shape index (κ1) is 16.4. The molecule has 0 aliphatic carbocycles. The fourth-order valence-electron chi connectivity index (χ4n) is 5.04. The molecule has 2 atom stereocenters. The Kier molecular flexibility index (Phi) is 3.33. The van der Waals surface area contributed by atoms with Gasteiger partial charge < -0.3 is 19.1 Å². The number of hydrogen-bond donors (Lipinski definition) is 0. The molecule has 4 aliphatic heterocycles. The standard InChI is InChI=1S/C22H20FNO4/c23-14-3-4-18-16(9-14)22(21(25)24(18)11-15-2-1-6-26-15)12-28-20-10-19-13(5-7-27-19)8-17(20)22/h3-4,8-10,15H,1-2,5-7,11-12H2. The Bertz CT molecular complexity index is 1000. The highest BCUT2D eigenvalue weighted by molar-refractivity contribution is 6.11. The summed E-state index contributed by atoms with van der Waals surface area (Å²) in [6.45, 7) is 2.03. The van der Waals surface area contributed by atoms with E-state index >= 15 is 0 Å². The van der Waals surface area contributed by atoms with Crippen LogP contribution in [0.4, 0.5) is 10.1 Å². The van der Waals surface area contributed by atoms with E-state index < -0.39 is 5.41 Å². The lowest BCUT2D eigenvalue weighted by Crippen LogP contribution is -2.45. The lowest BCUT2D eigenvalue weighted by molar-refractivity contribution is -0.122. The number of hydrogen-bond acceptors (Lipinski definition) is 4. The fourth-order valence-corrected chi connectivity index (χ4v) is 5.04. The molecule has 1 amide bonds. The third-order valence-electron chi connectivity index (χ3n) is 6.43. The Morgan fingerprint density at radius 1 is 1.11 bits per heavy atom. The van der Waals surface area contributed by atoms with Crippen LogP contribution in [-0.2, 0) is 21.4 Å². The summed E-state index contributed by atoms with van der Waals surface area (Å²) < 4.78 is 31.6. The molecule has 2 aromatic carbocycles. The van der Waals surface area contributed by atoms with Gasteiger partial charge in [0.15, 0.2) is 0 Å². The van der Waals surface area contributed by atoms with Crippen LogP contribution in [0.25, 0.3) is 0 Å². The van der Waals surface area contributed by atoms with Gasteiger partial charge in [0.25, 0.3) is 0 Å². The summed E-state index contributed by atoms with van der Waals surface area (Å²) in [4.78, 5) is 15.6. The smallest absolute Gasteiger partial charge is 0.245 e. The fraction of sp³-hybridized carbons (Fsp3) is 0.409. The maximum atomic E-state index is 14.2. The molecule has 0 N–H and O–H groups in total. The molecule has 0 aromatic heterocycles. The van der Waals surface area contributed by atoms with Crippen molar-refractivity contribution in [2.24, 2.45) is 0 Å². The second kappa shape index (κ2) is 5.70. The van der Waals surface area contributed by atoms with Crippen molar-refractivity contribution in [3.8, 4) is 11.5 Å². The van der Waals surface area contributed by atoms with Gasteiger partial charge >= 0.3 is 0 Å². The third-order valence-corrected chi connectivity index (χ3v) is 6.43. The first-order valence-corrected chi connectivity index (χ1v) is 9.83. The van der Waals surface area contributed by atoms with Gasteiger partial charge in [0.1, 0.15) is 29.3 Å². The zero-order valence-corrected chi connectivity index (χ0v) is 15.4. The van der Waals surface area contributed by atoms with Crippen LogP contribution >= 0.6 is 0 Å². The topological polar surface area (TPSA) is 48.0 Å². The van der Waals surface area contributed by atoms with Crippen molar-refractivity contribution in [2.45, 2.75) is 30.8 Å². The number of carbonyl (C=O) groups excluding carboxylic acids is 1. The Morgan fingerprint density at radius 3 is 2.89 bits per heavy atom. The molecular weight excluding hydrogens is 361 g/mol. The molecule has 0 bridgehead atoms. The summed E-state index contributed by atoms with van der Waals surface area (Å²) in [6.07, 6.45) is 2.77. The summed E-state index contributed by atoms with van der Waals surface area (Å²) in [5.41, 5.74) is 2.35. The summed E-state index contributed by atoms with van der Waals surface area (Å²) in [6, 6.07) is 8.51. The van der Waals surface area contributed by atoms with Crippen molar-refractivity contribution in [1.29, 1.82) is 0 Å². The van der Waals surface area contributed by atoms with E-state index in [0.717, 1.165) is 48.4 Å². The molecule has 2 unspecified atom stereocenters. The van der Waals surface area contributed by atoms with Crippen molar-refractivity contribution >= 4 is 11.6 Å². The third kappa shape index (κ3) is 2.07. The number of fused-ring (bicyclic) bond motifs is 5. The summed E-state index contributed by atoms with van der Waals surface area (Å²) in [7, 11) is 0. The predicted octanol–water partition coefficient (Wildman–Crippen LogP) is 2.96. The maximum absolute atomic E-state index is 14.2. The average molecular weight is 381 g/mol. The summed E-state index contributed by atoms with van der Waals surface area (Å²) in [5.74, 6) is 1.07. The van der Waals surface area contributed by atoms with Crippen molar-refractivity contribution in [3.05, 3.63) is 52.8 Å². The Balaban J connectivity index is 1.51. The minimum atomic E-state index is -0.997. The summed E-state index contributed by atoms with van der Waals surface area (Å²) >= 11 is 0. The lowest BCUT2D eigenvalue weighted by atomic mass is 9.76. The minimum Gasteiger partial charge on any atom is -0.493 e. The molecule has 144 valence electrons.